The summed E-state index contributed by atoms with van der Waals surface area (Å²) in [6.45, 7) is 0.962. The van der Waals surface area contributed by atoms with Crippen LogP contribution in [0.4, 0.5) is 5.69 Å². The monoisotopic (exact) mass is 339 g/mol. The van der Waals surface area contributed by atoms with E-state index in [1.165, 1.54) is 11.8 Å². The van der Waals surface area contributed by atoms with Gasteiger partial charge in [-0.05, 0) is 25.2 Å². The van der Waals surface area contributed by atoms with Gasteiger partial charge in [0, 0.05) is 11.0 Å². The number of hydrogen-bond acceptors (Lipinski definition) is 6. The molecule has 2 atom stereocenters. The number of thioether (sulfide) groups is 1. The molecule has 0 saturated carbocycles. The summed E-state index contributed by atoms with van der Waals surface area (Å²) >= 11 is 1.47. The molecule has 1 amide bonds. The fourth-order valence-electron chi connectivity index (χ4n) is 2.56. The van der Waals surface area contributed by atoms with Crippen LogP contribution in [-0.4, -0.2) is 48.7 Å². The average Bonchev–Trinajstić information content (AvgIpc) is 3.04. The van der Waals surface area contributed by atoms with Crippen molar-refractivity contribution in [3.8, 4) is 11.5 Å². The van der Waals surface area contributed by atoms with Crippen molar-refractivity contribution >= 4 is 29.3 Å². The van der Waals surface area contributed by atoms with Gasteiger partial charge in [0.05, 0.1) is 5.69 Å². The van der Waals surface area contributed by atoms with Crippen molar-refractivity contribution in [3.63, 3.8) is 0 Å². The lowest BCUT2D eigenvalue weighted by Gasteiger charge is -2.21. The predicted octanol–water partition coefficient (Wildman–Crippen LogP) is 1.75. The maximum Gasteiger partial charge on any atom is 0.332 e. The number of hydrogen-bond donors (Lipinski definition) is 2. The van der Waals surface area contributed by atoms with Crippen LogP contribution < -0.4 is 14.8 Å². The maximum atomic E-state index is 12.3. The summed E-state index contributed by atoms with van der Waals surface area (Å²) in [5, 5.41) is 11.7. The number of anilines is 1. The molecule has 8 heteroatoms. The molecule has 2 N–H and O–H groups in total. The molecule has 124 valence electrons. The molecule has 2 aliphatic heterocycles. The van der Waals surface area contributed by atoms with E-state index in [9.17, 15) is 9.59 Å². The molecule has 7 nitrogen and oxygen atoms in total. The Morgan fingerprint density at radius 3 is 2.43 bits per heavy atom. The van der Waals surface area contributed by atoms with Gasteiger partial charge in [0.25, 0.3) is 5.91 Å². The van der Waals surface area contributed by atoms with E-state index in [2.05, 4.69) is 5.32 Å². The molecule has 0 aliphatic carbocycles. The van der Waals surface area contributed by atoms with Gasteiger partial charge in [-0.25, -0.2) is 4.79 Å². The van der Waals surface area contributed by atoms with Crippen LogP contribution in [0.2, 0.25) is 0 Å². The van der Waals surface area contributed by atoms with Crippen molar-refractivity contribution in [1.29, 1.82) is 0 Å². The molecular formula is C15H17NO6S. The molecule has 0 unspecified atom stereocenters. The molecule has 2 heterocycles. The van der Waals surface area contributed by atoms with Gasteiger partial charge in [-0.15, -0.1) is 11.8 Å². The second-order valence-electron chi connectivity index (χ2n) is 5.21. The number of aliphatic carboxylic acids is 1. The van der Waals surface area contributed by atoms with Gasteiger partial charge in [-0.3, -0.25) is 4.79 Å². The van der Waals surface area contributed by atoms with Gasteiger partial charge in [0.15, 0.2) is 17.6 Å². The SMILES string of the molecule is CSc1cc2c(cc1NC(=O)[C@@H]1CC[C@H](C(=O)O)O1)OCCO2. The minimum Gasteiger partial charge on any atom is -0.486 e. The van der Waals surface area contributed by atoms with Gasteiger partial charge in [-0.2, -0.15) is 0 Å². The van der Waals surface area contributed by atoms with E-state index in [-0.39, 0.29) is 5.91 Å². The first kappa shape index (κ1) is 15.9. The van der Waals surface area contributed by atoms with Crippen LogP contribution in [0.25, 0.3) is 0 Å². The average molecular weight is 339 g/mol. The highest BCUT2D eigenvalue weighted by Crippen LogP contribution is 2.39. The molecule has 0 bridgehead atoms. The number of nitrogens with one attached hydrogen (secondary N) is 1. The van der Waals surface area contributed by atoms with E-state index in [0.717, 1.165) is 4.90 Å². The number of carboxylic acid groups (broad SMARTS) is 1. The summed E-state index contributed by atoms with van der Waals surface area (Å²) in [6, 6.07) is 3.55. The summed E-state index contributed by atoms with van der Waals surface area (Å²) in [5.41, 5.74) is 0.606. The summed E-state index contributed by atoms with van der Waals surface area (Å²) < 4.78 is 16.3. The molecule has 0 aromatic heterocycles. The van der Waals surface area contributed by atoms with Crippen molar-refractivity contribution in [1.82, 2.24) is 0 Å². The normalized spacial score (nSPS) is 22.7. The van der Waals surface area contributed by atoms with Gasteiger partial charge >= 0.3 is 5.97 Å². The minimum absolute atomic E-state index is 0.337. The highest BCUT2D eigenvalue weighted by atomic mass is 32.2. The zero-order valence-corrected chi connectivity index (χ0v) is 13.4. The lowest BCUT2D eigenvalue weighted by molar-refractivity contribution is -0.150. The Balaban J connectivity index is 1.74. The van der Waals surface area contributed by atoms with Crippen LogP contribution in [-0.2, 0) is 14.3 Å². The molecule has 0 spiro atoms. The lowest BCUT2D eigenvalue weighted by Crippen LogP contribution is -2.30. The van der Waals surface area contributed by atoms with Crippen LogP contribution in [0.1, 0.15) is 12.8 Å². The number of benzene rings is 1. The molecule has 2 aliphatic rings. The van der Waals surface area contributed by atoms with E-state index >= 15 is 0 Å². The number of rotatable bonds is 4. The summed E-state index contributed by atoms with van der Waals surface area (Å²) in [5.74, 6) is -0.146. The number of fused-ring (bicyclic) bond motifs is 1. The van der Waals surface area contributed by atoms with Gasteiger partial charge in [0.2, 0.25) is 0 Å². The smallest absolute Gasteiger partial charge is 0.332 e. The van der Waals surface area contributed by atoms with Gasteiger partial charge < -0.3 is 24.6 Å². The molecule has 1 aromatic carbocycles. The Hall–Kier alpha value is -1.93. The summed E-state index contributed by atoms with van der Waals surface area (Å²) in [7, 11) is 0. The second kappa shape index (κ2) is 6.67. The molecular weight excluding hydrogens is 322 g/mol. The van der Waals surface area contributed by atoms with Crippen molar-refractivity contribution in [2.45, 2.75) is 29.9 Å². The Morgan fingerprint density at radius 2 is 1.83 bits per heavy atom. The third-order valence-electron chi connectivity index (χ3n) is 3.71. The van der Waals surface area contributed by atoms with Gasteiger partial charge in [0.1, 0.15) is 19.3 Å². The van der Waals surface area contributed by atoms with Crippen LogP contribution in [0.5, 0.6) is 11.5 Å². The zero-order chi connectivity index (χ0) is 16.4. The number of carbonyl (C=O) groups excluding carboxylic acids is 1. The van der Waals surface area contributed by atoms with Crippen molar-refractivity contribution in [2.24, 2.45) is 0 Å². The number of carbonyl (C=O) groups is 2. The maximum absolute atomic E-state index is 12.3. The van der Waals surface area contributed by atoms with E-state index < -0.39 is 18.2 Å². The van der Waals surface area contributed by atoms with Crippen LogP contribution >= 0.6 is 11.8 Å². The van der Waals surface area contributed by atoms with Crippen molar-refractivity contribution in [2.75, 3.05) is 24.8 Å². The third-order valence-corrected chi connectivity index (χ3v) is 4.49. The number of ether oxygens (including phenoxy) is 3. The van der Waals surface area contributed by atoms with Gasteiger partial charge in [-0.1, -0.05) is 0 Å². The van der Waals surface area contributed by atoms with Crippen LogP contribution in [0.3, 0.4) is 0 Å². The quantitative estimate of drug-likeness (QED) is 0.807. The first-order valence-corrected chi connectivity index (χ1v) is 8.47. The second-order valence-corrected chi connectivity index (χ2v) is 6.06. The standard InChI is InChI=1S/C15H17NO6S/c1-23-13-7-12-11(20-4-5-21-12)6-8(13)16-14(17)9-2-3-10(22-9)15(18)19/h6-7,9-10H,2-5H2,1H3,(H,16,17)(H,18,19)/t9-,10+/m0/s1. The minimum atomic E-state index is -1.04. The molecule has 1 aromatic rings. The topological polar surface area (TPSA) is 94.1 Å². The van der Waals surface area contributed by atoms with E-state index in [0.29, 0.717) is 43.2 Å². The fourth-order valence-corrected chi connectivity index (χ4v) is 3.12. The largest absolute Gasteiger partial charge is 0.486 e. The Bertz CT molecular complexity index is 635. The van der Waals surface area contributed by atoms with E-state index in [1.807, 2.05) is 12.3 Å². The lowest BCUT2D eigenvalue weighted by atomic mass is 10.2. The van der Waals surface area contributed by atoms with E-state index in [1.54, 1.807) is 6.07 Å². The third kappa shape index (κ3) is 3.37. The number of amides is 1. The molecule has 1 fully saturated rings. The summed E-state index contributed by atoms with van der Waals surface area (Å²) in [6.07, 6.45) is 0.962. The highest BCUT2D eigenvalue weighted by Gasteiger charge is 2.35. The first-order valence-electron chi connectivity index (χ1n) is 7.25. The molecule has 23 heavy (non-hydrogen) atoms. The highest BCUT2D eigenvalue weighted by molar-refractivity contribution is 7.98. The Morgan fingerprint density at radius 1 is 1.17 bits per heavy atom. The molecule has 1 saturated heterocycles. The fraction of sp³-hybridized carbons (Fsp3) is 0.467. The molecule has 0 radical (unpaired) electrons. The van der Waals surface area contributed by atoms with Crippen molar-refractivity contribution in [3.05, 3.63) is 12.1 Å². The first-order chi connectivity index (χ1) is 11.1. The Labute approximate surface area is 137 Å². The number of carboxylic acids is 1. The van der Waals surface area contributed by atoms with E-state index in [4.69, 9.17) is 19.3 Å². The Kier molecular flexibility index (Phi) is 4.63. The summed E-state index contributed by atoms with van der Waals surface area (Å²) in [4.78, 5) is 24.1. The van der Waals surface area contributed by atoms with Crippen LogP contribution in [0.15, 0.2) is 17.0 Å². The van der Waals surface area contributed by atoms with Crippen molar-refractivity contribution < 1.29 is 28.9 Å². The zero-order valence-electron chi connectivity index (χ0n) is 12.5. The molecule has 3 rings (SSSR count). The van der Waals surface area contributed by atoms with Crippen LogP contribution in [0, 0.1) is 0 Å². The predicted molar refractivity (Wildman–Crippen MR) is 83.4 cm³/mol.